The molecule has 0 rings (SSSR count). The highest BCUT2D eigenvalue weighted by Gasteiger charge is 2.12. The number of ether oxygens (including phenoxy) is 1. The monoisotopic (exact) mass is 237 g/mol. The molecule has 92 valence electrons. The molecule has 0 aliphatic heterocycles. The summed E-state index contributed by atoms with van der Waals surface area (Å²) in [5, 5.41) is 0. The van der Waals surface area contributed by atoms with Gasteiger partial charge in [0.05, 0.1) is 6.61 Å². The zero-order valence-electron chi connectivity index (χ0n) is 9.99. The molecule has 0 saturated carbocycles. The number of halogens is 1. The van der Waals surface area contributed by atoms with Crippen molar-refractivity contribution in [1.29, 1.82) is 0 Å². The topological polar surface area (TPSA) is 52.3 Å². The predicted octanol–water partition coefficient (Wildman–Crippen LogP) is 2.52. The van der Waals surface area contributed by atoms with Crippen LogP contribution in [0.15, 0.2) is 0 Å². The van der Waals surface area contributed by atoms with Crippen LogP contribution < -0.4 is 5.73 Å². The summed E-state index contributed by atoms with van der Waals surface area (Å²) in [5.41, 5.74) is 5.40. The standard InChI is InChI=1S/C11H23NO2.ClH/c1-4-6-10(7-5-2)8-14-11(13)9(3)12;/h9-10H,4-8,12H2,1-3H3;1H/t9-;/m0./s1. The van der Waals surface area contributed by atoms with E-state index in [1.54, 1.807) is 6.92 Å². The van der Waals surface area contributed by atoms with Gasteiger partial charge in [-0.3, -0.25) is 4.79 Å². The van der Waals surface area contributed by atoms with Crippen LogP contribution in [0.2, 0.25) is 0 Å². The molecule has 0 aliphatic carbocycles. The number of carbonyl (C=O) groups is 1. The molecular formula is C11H24ClNO2. The summed E-state index contributed by atoms with van der Waals surface area (Å²) in [6.45, 7) is 6.48. The molecule has 2 N–H and O–H groups in total. The molecule has 15 heavy (non-hydrogen) atoms. The molecule has 0 spiro atoms. The van der Waals surface area contributed by atoms with Crippen molar-refractivity contribution >= 4 is 18.4 Å². The number of esters is 1. The Kier molecular flexibility index (Phi) is 11.7. The minimum atomic E-state index is -0.501. The number of carbonyl (C=O) groups excluding carboxylic acids is 1. The van der Waals surface area contributed by atoms with Gasteiger partial charge in [0.25, 0.3) is 0 Å². The van der Waals surface area contributed by atoms with Crippen LogP contribution in [0.3, 0.4) is 0 Å². The summed E-state index contributed by atoms with van der Waals surface area (Å²) >= 11 is 0. The van der Waals surface area contributed by atoms with Gasteiger partial charge in [-0.2, -0.15) is 0 Å². The van der Waals surface area contributed by atoms with Gasteiger partial charge in [0.15, 0.2) is 0 Å². The average Bonchev–Trinajstić information content (AvgIpc) is 2.14. The van der Waals surface area contributed by atoms with Crippen LogP contribution in [0.25, 0.3) is 0 Å². The second-order valence-electron chi connectivity index (χ2n) is 3.86. The fourth-order valence-corrected chi connectivity index (χ4v) is 1.46. The van der Waals surface area contributed by atoms with Crippen molar-refractivity contribution in [3.8, 4) is 0 Å². The lowest BCUT2D eigenvalue weighted by Gasteiger charge is -2.16. The Labute approximate surface area is 99.2 Å². The van der Waals surface area contributed by atoms with Crippen LogP contribution in [-0.4, -0.2) is 18.6 Å². The molecule has 4 heteroatoms. The van der Waals surface area contributed by atoms with Gasteiger partial charge in [-0.15, -0.1) is 12.4 Å². The van der Waals surface area contributed by atoms with Crippen molar-refractivity contribution in [2.75, 3.05) is 6.61 Å². The van der Waals surface area contributed by atoms with Gasteiger partial charge in [0, 0.05) is 0 Å². The Morgan fingerprint density at radius 3 is 2.07 bits per heavy atom. The fraction of sp³-hybridized carbons (Fsp3) is 0.909. The molecule has 0 bridgehead atoms. The first-order valence-corrected chi connectivity index (χ1v) is 5.54. The lowest BCUT2D eigenvalue weighted by molar-refractivity contribution is -0.146. The Balaban J connectivity index is 0. The zero-order chi connectivity index (χ0) is 11.0. The molecule has 0 radical (unpaired) electrons. The van der Waals surface area contributed by atoms with Gasteiger partial charge in [-0.1, -0.05) is 26.7 Å². The molecule has 0 unspecified atom stereocenters. The Morgan fingerprint density at radius 2 is 1.73 bits per heavy atom. The summed E-state index contributed by atoms with van der Waals surface area (Å²) < 4.78 is 5.11. The van der Waals surface area contributed by atoms with Crippen molar-refractivity contribution in [2.24, 2.45) is 11.7 Å². The van der Waals surface area contributed by atoms with Gasteiger partial charge in [-0.25, -0.2) is 0 Å². The maximum Gasteiger partial charge on any atom is 0.322 e. The highest BCUT2D eigenvalue weighted by molar-refractivity contribution is 5.85. The zero-order valence-corrected chi connectivity index (χ0v) is 10.8. The van der Waals surface area contributed by atoms with E-state index in [1.807, 2.05) is 0 Å². The quantitative estimate of drug-likeness (QED) is 0.693. The third-order valence-electron chi connectivity index (χ3n) is 2.23. The van der Waals surface area contributed by atoms with Crippen LogP contribution in [0.4, 0.5) is 0 Å². The van der Waals surface area contributed by atoms with Gasteiger partial charge < -0.3 is 10.5 Å². The van der Waals surface area contributed by atoms with E-state index in [0.717, 1.165) is 25.7 Å². The average molecular weight is 238 g/mol. The van der Waals surface area contributed by atoms with Gasteiger partial charge in [0.1, 0.15) is 6.04 Å². The number of nitrogens with two attached hydrogens (primary N) is 1. The van der Waals surface area contributed by atoms with E-state index in [2.05, 4.69) is 13.8 Å². The van der Waals surface area contributed by atoms with Crippen molar-refractivity contribution in [2.45, 2.75) is 52.5 Å². The molecule has 0 heterocycles. The lowest BCUT2D eigenvalue weighted by atomic mass is 9.99. The van der Waals surface area contributed by atoms with Crippen molar-refractivity contribution in [3.63, 3.8) is 0 Å². The minimum Gasteiger partial charge on any atom is -0.464 e. The molecule has 0 aliphatic rings. The number of hydrogen-bond donors (Lipinski definition) is 1. The minimum absolute atomic E-state index is 0. The molecule has 0 aromatic rings. The van der Waals surface area contributed by atoms with Crippen LogP contribution >= 0.6 is 12.4 Å². The van der Waals surface area contributed by atoms with E-state index < -0.39 is 6.04 Å². The molecular weight excluding hydrogens is 214 g/mol. The summed E-state index contributed by atoms with van der Waals surface area (Å²) in [6.07, 6.45) is 4.53. The highest BCUT2D eigenvalue weighted by atomic mass is 35.5. The van der Waals surface area contributed by atoms with Gasteiger partial charge in [0.2, 0.25) is 0 Å². The molecule has 1 atom stereocenters. The summed E-state index contributed by atoms with van der Waals surface area (Å²) in [5.74, 6) is 0.218. The third-order valence-corrected chi connectivity index (χ3v) is 2.23. The first kappa shape index (κ1) is 17.1. The number of rotatable bonds is 7. The third kappa shape index (κ3) is 8.70. The fourth-order valence-electron chi connectivity index (χ4n) is 1.46. The Hall–Kier alpha value is -0.280. The predicted molar refractivity (Wildman–Crippen MR) is 65.2 cm³/mol. The van der Waals surface area contributed by atoms with E-state index in [0.29, 0.717) is 12.5 Å². The van der Waals surface area contributed by atoms with Crippen molar-refractivity contribution in [1.82, 2.24) is 0 Å². The van der Waals surface area contributed by atoms with Gasteiger partial charge in [-0.05, 0) is 25.7 Å². The highest BCUT2D eigenvalue weighted by Crippen LogP contribution is 2.13. The van der Waals surface area contributed by atoms with Crippen molar-refractivity contribution < 1.29 is 9.53 Å². The molecule has 3 nitrogen and oxygen atoms in total. The number of hydrogen-bond acceptors (Lipinski definition) is 3. The van der Waals surface area contributed by atoms with Crippen LogP contribution in [0.5, 0.6) is 0 Å². The summed E-state index contributed by atoms with van der Waals surface area (Å²) in [4.78, 5) is 11.1. The Morgan fingerprint density at radius 1 is 1.27 bits per heavy atom. The van der Waals surface area contributed by atoms with Gasteiger partial charge >= 0.3 is 5.97 Å². The largest absolute Gasteiger partial charge is 0.464 e. The van der Waals surface area contributed by atoms with Crippen molar-refractivity contribution in [3.05, 3.63) is 0 Å². The first-order chi connectivity index (χ1) is 6.61. The normalized spacial score (nSPS) is 12.1. The van der Waals surface area contributed by atoms with E-state index in [4.69, 9.17) is 10.5 Å². The SMILES string of the molecule is CCCC(CCC)COC(=O)[C@H](C)N.Cl. The maximum absolute atomic E-state index is 11.1. The summed E-state index contributed by atoms with van der Waals surface area (Å²) in [7, 11) is 0. The summed E-state index contributed by atoms with van der Waals surface area (Å²) in [6, 6.07) is -0.501. The molecule has 0 aromatic carbocycles. The second kappa shape index (κ2) is 10.2. The van der Waals surface area contributed by atoms with Crippen LogP contribution in [-0.2, 0) is 9.53 Å². The maximum atomic E-state index is 11.1. The van der Waals surface area contributed by atoms with Crippen LogP contribution in [0, 0.1) is 5.92 Å². The second-order valence-corrected chi connectivity index (χ2v) is 3.86. The van der Waals surface area contributed by atoms with E-state index in [-0.39, 0.29) is 18.4 Å². The van der Waals surface area contributed by atoms with E-state index in [9.17, 15) is 4.79 Å². The van der Waals surface area contributed by atoms with E-state index in [1.165, 1.54) is 0 Å². The Bertz CT molecular complexity index is 157. The molecule has 0 fully saturated rings. The molecule has 0 amide bonds. The first-order valence-electron chi connectivity index (χ1n) is 5.54. The molecule has 0 aromatic heterocycles. The molecule has 0 saturated heterocycles. The van der Waals surface area contributed by atoms with E-state index >= 15 is 0 Å². The smallest absolute Gasteiger partial charge is 0.322 e. The lowest BCUT2D eigenvalue weighted by Crippen LogP contribution is -2.30. The van der Waals surface area contributed by atoms with Crippen LogP contribution in [0.1, 0.15) is 46.5 Å².